The van der Waals surface area contributed by atoms with Crippen molar-refractivity contribution in [2.75, 3.05) is 6.61 Å². The summed E-state index contributed by atoms with van der Waals surface area (Å²) in [6.07, 6.45) is 7.06. The number of hydrogen-bond donors (Lipinski definition) is 1. The SMILES string of the molecule is CCCCCOc1ccc(-c2ncc(-c3ccc(O)cc3)cn2)cc1. The molecule has 2 aromatic carbocycles. The van der Waals surface area contributed by atoms with Crippen LogP contribution in [0.3, 0.4) is 0 Å². The maximum atomic E-state index is 9.36. The summed E-state index contributed by atoms with van der Waals surface area (Å²) in [5.74, 6) is 1.80. The molecular weight excluding hydrogens is 312 g/mol. The Hall–Kier alpha value is -2.88. The number of benzene rings is 2. The van der Waals surface area contributed by atoms with E-state index in [4.69, 9.17) is 4.74 Å². The van der Waals surface area contributed by atoms with Crippen molar-refractivity contribution in [3.05, 3.63) is 60.9 Å². The number of rotatable bonds is 7. The highest BCUT2D eigenvalue weighted by molar-refractivity contribution is 5.64. The molecule has 0 atom stereocenters. The minimum Gasteiger partial charge on any atom is -0.508 e. The molecule has 0 saturated heterocycles. The van der Waals surface area contributed by atoms with Crippen LogP contribution in [0.25, 0.3) is 22.5 Å². The standard InChI is InChI=1S/C21H22N2O2/c1-2-3-4-13-25-20-11-7-17(8-12-20)21-22-14-18(15-23-21)16-5-9-19(24)10-6-16/h5-12,14-15,24H,2-4,13H2,1H3. The molecule has 0 bridgehead atoms. The van der Waals surface area contributed by atoms with Crippen LogP contribution in [-0.2, 0) is 0 Å². The van der Waals surface area contributed by atoms with Crippen LogP contribution in [0.2, 0.25) is 0 Å². The van der Waals surface area contributed by atoms with Gasteiger partial charge in [0.05, 0.1) is 6.61 Å². The topological polar surface area (TPSA) is 55.2 Å². The van der Waals surface area contributed by atoms with Gasteiger partial charge in [0.2, 0.25) is 0 Å². The van der Waals surface area contributed by atoms with Crippen LogP contribution in [0.15, 0.2) is 60.9 Å². The third-order valence-electron chi connectivity index (χ3n) is 3.98. The molecular formula is C21H22N2O2. The quantitative estimate of drug-likeness (QED) is 0.612. The largest absolute Gasteiger partial charge is 0.508 e. The maximum Gasteiger partial charge on any atom is 0.159 e. The molecule has 0 aliphatic rings. The predicted octanol–water partition coefficient (Wildman–Crippen LogP) is 5.09. The monoisotopic (exact) mass is 334 g/mol. The minimum absolute atomic E-state index is 0.248. The Kier molecular flexibility index (Phi) is 5.62. The van der Waals surface area contributed by atoms with Crippen molar-refractivity contribution in [3.63, 3.8) is 0 Å². The van der Waals surface area contributed by atoms with E-state index in [1.807, 2.05) is 36.4 Å². The van der Waals surface area contributed by atoms with Gasteiger partial charge in [-0.2, -0.15) is 0 Å². The Labute approximate surface area is 148 Å². The van der Waals surface area contributed by atoms with Gasteiger partial charge < -0.3 is 9.84 Å². The normalized spacial score (nSPS) is 10.6. The first-order valence-electron chi connectivity index (χ1n) is 8.61. The molecule has 0 amide bonds. The van der Waals surface area contributed by atoms with Crippen LogP contribution in [0.4, 0.5) is 0 Å². The van der Waals surface area contributed by atoms with E-state index in [-0.39, 0.29) is 5.75 Å². The number of aromatic nitrogens is 2. The summed E-state index contributed by atoms with van der Waals surface area (Å²) >= 11 is 0. The van der Waals surface area contributed by atoms with Gasteiger partial charge in [-0.15, -0.1) is 0 Å². The zero-order valence-corrected chi connectivity index (χ0v) is 14.4. The van der Waals surface area contributed by atoms with Gasteiger partial charge in [0.15, 0.2) is 5.82 Å². The molecule has 1 heterocycles. The van der Waals surface area contributed by atoms with E-state index in [1.165, 1.54) is 12.8 Å². The van der Waals surface area contributed by atoms with Crippen LogP contribution in [-0.4, -0.2) is 21.7 Å². The van der Waals surface area contributed by atoms with Crippen molar-refractivity contribution in [1.82, 2.24) is 9.97 Å². The van der Waals surface area contributed by atoms with E-state index >= 15 is 0 Å². The third-order valence-corrected chi connectivity index (χ3v) is 3.98. The highest BCUT2D eigenvalue weighted by atomic mass is 16.5. The maximum absolute atomic E-state index is 9.36. The smallest absolute Gasteiger partial charge is 0.159 e. The predicted molar refractivity (Wildman–Crippen MR) is 99.6 cm³/mol. The summed E-state index contributed by atoms with van der Waals surface area (Å²) in [5.41, 5.74) is 2.85. The lowest BCUT2D eigenvalue weighted by atomic mass is 10.1. The molecule has 0 saturated carbocycles. The van der Waals surface area contributed by atoms with E-state index in [9.17, 15) is 5.11 Å². The summed E-state index contributed by atoms with van der Waals surface area (Å²) in [6.45, 7) is 2.94. The summed E-state index contributed by atoms with van der Waals surface area (Å²) in [6, 6.07) is 14.9. The Morgan fingerprint density at radius 3 is 2.08 bits per heavy atom. The fraction of sp³-hybridized carbons (Fsp3) is 0.238. The first kappa shape index (κ1) is 17.0. The lowest BCUT2D eigenvalue weighted by molar-refractivity contribution is 0.306. The Morgan fingerprint density at radius 2 is 1.44 bits per heavy atom. The van der Waals surface area contributed by atoms with E-state index < -0.39 is 0 Å². The first-order chi connectivity index (χ1) is 12.3. The summed E-state index contributed by atoms with van der Waals surface area (Å²) in [5, 5.41) is 9.36. The lowest BCUT2D eigenvalue weighted by Gasteiger charge is -2.07. The van der Waals surface area contributed by atoms with Gasteiger partial charge in [0.25, 0.3) is 0 Å². The molecule has 25 heavy (non-hydrogen) atoms. The van der Waals surface area contributed by atoms with Crippen LogP contribution >= 0.6 is 0 Å². The number of nitrogens with zero attached hydrogens (tertiary/aromatic N) is 2. The molecule has 4 nitrogen and oxygen atoms in total. The molecule has 4 heteroatoms. The lowest BCUT2D eigenvalue weighted by Crippen LogP contribution is -1.97. The summed E-state index contributed by atoms with van der Waals surface area (Å²) in [7, 11) is 0. The number of hydrogen-bond acceptors (Lipinski definition) is 4. The van der Waals surface area contributed by atoms with Gasteiger partial charge in [0, 0.05) is 23.5 Å². The van der Waals surface area contributed by atoms with Crippen LogP contribution < -0.4 is 4.74 Å². The Bertz CT molecular complexity index is 782. The Balaban J connectivity index is 1.66. The van der Waals surface area contributed by atoms with Gasteiger partial charge in [-0.3, -0.25) is 0 Å². The molecule has 0 unspecified atom stereocenters. The molecule has 128 valence electrons. The zero-order valence-electron chi connectivity index (χ0n) is 14.4. The summed E-state index contributed by atoms with van der Waals surface area (Å²) in [4.78, 5) is 8.90. The van der Waals surface area contributed by atoms with Crippen molar-refractivity contribution in [3.8, 4) is 34.0 Å². The molecule has 0 radical (unpaired) electrons. The fourth-order valence-corrected chi connectivity index (χ4v) is 2.52. The second-order valence-electron chi connectivity index (χ2n) is 5.92. The minimum atomic E-state index is 0.248. The molecule has 0 aliphatic carbocycles. The van der Waals surface area contributed by atoms with E-state index in [0.29, 0.717) is 5.82 Å². The van der Waals surface area contributed by atoms with E-state index in [2.05, 4.69) is 16.9 Å². The highest BCUT2D eigenvalue weighted by Gasteiger charge is 2.04. The first-order valence-corrected chi connectivity index (χ1v) is 8.61. The fourth-order valence-electron chi connectivity index (χ4n) is 2.52. The molecule has 1 N–H and O–H groups in total. The molecule has 1 aromatic heterocycles. The molecule has 0 spiro atoms. The van der Waals surface area contributed by atoms with Gasteiger partial charge in [0.1, 0.15) is 11.5 Å². The molecule has 0 fully saturated rings. The number of unbranched alkanes of at least 4 members (excludes halogenated alkanes) is 2. The molecule has 0 aliphatic heterocycles. The van der Waals surface area contributed by atoms with Crippen molar-refractivity contribution in [2.45, 2.75) is 26.2 Å². The summed E-state index contributed by atoms with van der Waals surface area (Å²) < 4.78 is 5.72. The molecule has 3 aromatic rings. The zero-order chi connectivity index (χ0) is 17.5. The van der Waals surface area contributed by atoms with Crippen molar-refractivity contribution < 1.29 is 9.84 Å². The number of phenols is 1. The van der Waals surface area contributed by atoms with Gasteiger partial charge >= 0.3 is 0 Å². The average Bonchev–Trinajstić information content (AvgIpc) is 2.67. The van der Waals surface area contributed by atoms with Crippen molar-refractivity contribution in [2.24, 2.45) is 0 Å². The second-order valence-corrected chi connectivity index (χ2v) is 5.92. The highest BCUT2D eigenvalue weighted by Crippen LogP contribution is 2.23. The van der Waals surface area contributed by atoms with Crippen LogP contribution in [0.1, 0.15) is 26.2 Å². The Morgan fingerprint density at radius 1 is 0.800 bits per heavy atom. The number of phenolic OH excluding ortho intramolecular Hbond substituents is 1. The number of aromatic hydroxyl groups is 1. The van der Waals surface area contributed by atoms with E-state index in [1.54, 1.807) is 24.5 Å². The molecule has 3 rings (SSSR count). The number of ether oxygens (including phenoxy) is 1. The second kappa shape index (κ2) is 8.29. The third kappa shape index (κ3) is 4.57. The van der Waals surface area contributed by atoms with Crippen LogP contribution in [0, 0.1) is 0 Å². The van der Waals surface area contributed by atoms with Gasteiger partial charge in [-0.25, -0.2) is 9.97 Å². The van der Waals surface area contributed by atoms with Crippen molar-refractivity contribution >= 4 is 0 Å². The van der Waals surface area contributed by atoms with Gasteiger partial charge in [-0.1, -0.05) is 31.9 Å². The average molecular weight is 334 g/mol. The van der Waals surface area contributed by atoms with Gasteiger partial charge in [-0.05, 0) is 48.4 Å². The van der Waals surface area contributed by atoms with Crippen LogP contribution in [0.5, 0.6) is 11.5 Å². The van der Waals surface area contributed by atoms with Crippen molar-refractivity contribution in [1.29, 1.82) is 0 Å². The van der Waals surface area contributed by atoms with E-state index in [0.717, 1.165) is 35.5 Å².